The van der Waals surface area contributed by atoms with Gasteiger partial charge in [0.05, 0.1) is 11.8 Å². The number of carbonyl (C=O) groups is 2. The zero-order chi connectivity index (χ0) is 15.1. The van der Waals surface area contributed by atoms with Crippen LogP contribution in [-0.2, 0) is 16.1 Å². The van der Waals surface area contributed by atoms with Crippen LogP contribution in [0.3, 0.4) is 0 Å². The van der Waals surface area contributed by atoms with Gasteiger partial charge in [-0.25, -0.2) is 4.39 Å². The van der Waals surface area contributed by atoms with Gasteiger partial charge in [-0.15, -0.1) is 0 Å². The highest BCUT2D eigenvalue weighted by atomic mass is 19.1. The van der Waals surface area contributed by atoms with Crippen LogP contribution in [0.1, 0.15) is 19.4 Å². The highest BCUT2D eigenvalue weighted by molar-refractivity contribution is 5.91. The largest absolute Gasteiger partial charge is 0.481 e. The van der Waals surface area contributed by atoms with Crippen molar-refractivity contribution in [3.05, 3.63) is 35.6 Å². The molecule has 1 saturated carbocycles. The third-order valence-corrected chi connectivity index (χ3v) is 4.07. The quantitative estimate of drug-likeness (QED) is 0.918. The Kier molecular flexibility index (Phi) is 3.54. The van der Waals surface area contributed by atoms with E-state index in [0.717, 1.165) is 5.56 Å². The molecule has 0 aromatic heterocycles. The molecule has 4 nitrogen and oxygen atoms in total. The fourth-order valence-electron chi connectivity index (χ4n) is 2.74. The smallest absolute Gasteiger partial charge is 0.307 e. The van der Waals surface area contributed by atoms with Gasteiger partial charge in [-0.2, -0.15) is 0 Å². The van der Waals surface area contributed by atoms with Gasteiger partial charge in [0.1, 0.15) is 5.82 Å². The number of rotatable bonds is 4. The number of halogens is 1. The lowest BCUT2D eigenvalue weighted by Gasteiger charge is -2.18. The van der Waals surface area contributed by atoms with Gasteiger partial charge in [0.15, 0.2) is 0 Å². The third kappa shape index (κ3) is 2.53. The van der Waals surface area contributed by atoms with Gasteiger partial charge in [-0.1, -0.05) is 26.0 Å². The first-order valence-corrected chi connectivity index (χ1v) is 6.47. The molecule has 1 fully saturated rings. The number of carboxylic acid groups (broad SMARTS) is 1. The topological polar surface area (TPSA) is 57.6 Å². The van der Waals surface area contributed by atoms with Crippen molar-refractivity contribution in [2.75, 3.05) is 7.05 Å². The average molecular weight is 279 g/mol. The second kappa shape index (κ2) is 4.89. The van der Waals surface area contributed by atoms with E-state index in [2.05, 4.69) is 0 Å². The Morgan fingerprint density at radius 1 is 1.25 bits per heavy atom. The van der Waals surface area contributed by atoms with Crippen LogP contribution >= 0.6 is 0 Å². The maximum atomic E-state index is 12.8. The summed E-state index contributed by atoms with van der Waals surface area (Å²) in [6, 6.07) is 5.92. The molecule has 1 aliphatic rings. The van der Waals surface area contributed by atoms with Gasteiger partial charge >= 0.3 is 5.97 Å². The van der Waals surface area contributed by atoms with Crippen LogP contribution in [0, 0.1) is 23.1 Å². The number of hydrogen-bond donors (Lipinski definition) is 1. The van der Waals surface area contributed by atoms with Crippen LogP contribution in [0.25, 0.3) is 0 Å². The van der Waals surface area contributed by atoms with Crippen LogP contribution in [0.5, 0.6) is 0 Å². The van der Waals surface area contributed by atoms with Crippen molar-refractivity contribution in [3.8, 4) is 0 Å². The van der Waals surface area contributed by atoms with Crippen molar-refractivity contribution < 1.29 is 19.1 Å². The van der Waals surface area contributed by atoms with Crippen molar-refractivity contribution in [1.29, 1.82) is 0 Å². The summed E-state index contributed by atoms with van der Waals surface area (Å²) < 4.78 is 12.8. The minimum atomic E-state index is -0.927. The lowest BCUT2D eigenvalue weighted by atomic mass is 10.1. The Morgan fingerprint density at radius 3 is 2.25 bits per heavy atom. The molecule has 0 heterocycles. The van der Waals surface area contributed by atoms with Crippen LogP contribution in [0.2, 0.25) is 0 Å². The summed E-state index contributed by atoms with van der Waals surface area (Å²) in [7, 11) is 1.64. The Bertz CT molecular complexity index is 539. The maximum absolute atomic E-state index is 12.8. The van der Waals surface area contributed by atoms with Gasteiger partial charge in [-0.05, 0) is 23.1 Å². The number of amides is 1. The molecule has 0 aliphatic heterocycles. The number of nitrogens with zero attached hydrogens (tertiary/aromatic N) is 1. The van der Waals surface area contributed by atoms with Gasteiger partial charge < -0.3 is 10.0 Å². The third-order valence-electron chi connectivity index (χ3n) is 4.07. The fourth-order valence-corrected chi connectivity index (χ4v) is 2.74. The van der Waals surface area contributed by atoms with Crippen molar-refractivity contribution in [2.45, 2.75) is 20.4 Å². The zero-order valence-electron chi connectivity index (χ0n) is 11.8. The van der Waals surface area contributed by atoms with E-state index in [-0.39, 0.29) is 11.7 Å². The minimum Gasteiger partial charge on any atom is -0.481 e. The summed E-state index contributed by atoms with van der Waals surface area (Å²) >= 11 is 0. The molecule has 108 valence electrons. The second-order valence-corrected chi connectivity index (χ2v) is 5.94. The molecule has 1 aromatic carbocycles. The van der Waals surface area contributed by atoms with Crippen LogP contribution in [-0.4, -0.2) is 28.9 Å². The van der Waals surface area contributed by atoms with Gasteiger partial charge in [0.2, 0.25) is 5.91 Å². The summed E-state index contributed by atoms with van der Waals surface area (Å²) in [6.07, 6.45) is 0. The highest BCUT2D eigenvalue weighted by Gasteiger charge is 2.66. The molecule has 0 bridgehead atoms. The lowest BCUT2D eigenvalue weighted by Crippen LogP contribution is -2.29. The first-order chi connectivity index (χ1) is 9.25. The van der Waals surface area contributed by atoms with Crippen molar-refractivity contribution in [1.82, 2.24) is 4.90 Å². The summed E-state index contributed by atoms with van der Waals surface area (Å²) in [6.45, 7) is 3.93. The number of hydrogen-bond acceptors (Lipinski definition) is 2. The lowest BCUT2D eigenvalue weighted by molar-refractivity contribution is -0.141. The predicted molar refractivity (Wildman–Crippen MR) is 71.3 cm³/mol. The molecule has 2 rings (SSSR count). The molecule has 1 aromatic rings. The molecular formula is C15H18FNO3. The SMILES string of the molecule is CN(Cc1ccc(F)cc1)C(=O)[C@H]1[C@@H](C(=O)O)C1(C)C. The van der Waals surface area contributed by atoms with E-state index in [9.17, 15) is 14.0 Å². The molecule has 0 radical (unpaired) electrons. The highest BCUT2D eigenvalue weighted by Crippen LogP contribution is 2.58. The van der Waals surface area contributed by atoms with E-state index in [1.54, 1.807) is 33.0 Å². The number of carboxylic acids is 1. The van der Waals surface area contributed by atoms with Crippen molar-refractivity contribution >= 4 is 11.9 Å². The molecular weight excluding hydrogens is 261 g/mol. The molecule has 5 heteroatoms. The molecule has 1 amide bonds. The Balaban J connectivity index is 2.03. The number of aliphatic carboxylic acids is 1. The van der Waals surface area contributed by atoms with Gasteiger partial charge in [-0.3, -0.25) is 9.59 Å². The second-order valence-electron chi connectivity index (χ2n) is 5.94. The monoisotopic (exact) mass is 279 g/mol. The van der Waals surface area contributed by atoms with E-state index in [4.69, 9.17) is 5.11 Å². The molecule has 0 spiro atoms. The molecule has 20 heavy (non-hydrogen) atoms. The van der Waals surface area contributed by atoms with Crippen LogP contribution in [0.4, 0.5) is 4.39 Å². The summed E-state index contributed by atoms with van der Waals surface area (Å²) in [5.41, 5.74) is 0.313. The molecule has 1 N–H and O–H groups in total. The van der Waals surface area contributed by atoms with E-state index >= 15 is 0 Å². The average Bonchev–Trinajstić information content (AvgIpc) is 2.94. The van der Waals surface area contributed by atoms with E-state index < -0.39 is 23.2 Å². The van der Waals surface area contributed by atoms with Gasteiger partial charge in [0, 0.05) is 13.6 Å². The Labute approximate surface area is 117 Å². The zero-order valence-corrected chi connectivity index (χ0v) is 11.8. The summed E-state index contributed by atoms with van der Waals surface area (Å²) in [5.74, 6) is -2.52. The molecule has 0 unspecified atom stereocenters. The maximum Gasteiger partial charge on any atom is 0.307 e. The predicted octanol–water partition coefficient (Wildman–Crippen LogP) is 2.14. The standard InChI is InChI=1S/C15H18FNO3/c1-15(2)11(12(15)14(19)20)13(18)17(3)8-9-4-6-10(16)7-5-9/h4-7,11-12H,8H2,1-3H3,(H,19,20)/t11-,12+/m1/s1. The van der Waals surface area contributed by atoms with E-state index in [1.165, 1.54) is 17.0 Å². The van der Waals surface area contributed by atoms with Crippen molar-refractivity contribution in [2.24, 2.45) is 17.3 Å². The molecule has 0 saturated heterocycles. The fraction of sp³-hybridized carbons (Fsp3) is 0.467. The van der Waals surface area contributed by atoms with Crippen LogP contribution in [0.15, 0.2) is 24.3 Å². The van der Waals surface area contributed by atoms with E-state index in [1.807, 2.05) is 0 Å². The molecule has 1 aliphatic carbocycles. The Hall–Kier alpha value is -1.91. The summed E-state index contributed by atoms with van der Waals surface area (Å²) in [4.78, 5) is 24.9. The Morgan fingerprint density at radius 2 is 1.80 bits per heavy atom. The first-order valence-electron chi connectivity index (χ1n) is 6.47. The normalized spacial score (nSPS) is 23.2. The van der Waals surface area contributed by atoms with Gasteiger partial charge in [0.25, 0.3) is 0 Å². The van der Waals surface area contributed by atoms with Crippen molar-refractivity contribution in [3.63, 3.8) is 0 Å². The molecule has 2 atom stereocenters. The number of carbonyl (C=O) groups excluding carboxylic acids is 1. The van der Waals surface area contributed by atoms with Crippen LogP contribution < -0.4 is 0 Å². The summed E-state index contributed by atoms with van der Waals surface area (Å²) in [5, 5.41) is 9.10. The minimum absolute atomic E-state index is 0.174. The number of benzene rings is 1. The van der Waals surface area contributed by atoms with E-state index in [0.29, 0.717) is 6.54 Å². The first kappa shape index (κ1) is 14.5.